The summed E-state index contributed by atoms with van der Waals surface area (Å²) < 4.78 is 68.9. The van der Waals surface area contributed by atoms with Gasteiger partial charge in [-0.1, -0.05) is 0 Å². The van der Waals surface area contributed by atoms with E-state index in [0.29, 0.717) is 19.0 Å². The van der Waals surface area contributed by atoms with Crippen molar-refractivity contribution in [1.29, 1.82) is 0 Å². The number of rotatable bonds is 6. The molecule has 0 amide bonds. The van der Waals surface area contributed by atoms with Gasteiger partial charge in [0.2, 0.25) is 16.0 Å². The van der Waals surface area contributed by atoms with E-state index in [2.05, 4.69) is 25.4 Å². The van der Waals surface area contributed by atoms with Crippen LogP contribution in [0.15, 0.2) is 29.7 Å². The number of aliphatic hydroxyl groups is 1. The van der Waals surface area contributed by atoms with Gasteiger partial charge in [0.05, 0.1) is 16.8 Å². The second kappa shape index (κ2) is 9.20. The maximum atomic E-state index is 13.6. The third-order valence-corrected chi connectivity index (χ3v) is 8.34. The van der Waals surface area contributed by atoms with Gasteiger partial charge in [-0.05, 0) is 19.8 Å². The van der Waals surface area contributed by atoms with E-state index < -0.39 is 27.9 Å². The highest BCUT2D eigenvalue weighted by Crippen LogP contribution is 2.38. The second-order valence-corrected chi connectivity index (χ2v) is 10.9. The number of hydrogen-bond donors (Lipinski definition) is 2. The van der Waals surface area contributed by atoms with Crippen LogP contribution in [0.25, 0.3) is 10.6 Å². The third-order valence-electron chi connectivity index (χ3n) is 5.31. The number of aryl methyl sites for hydroxylation is 1. The normalized spacial score (nSPS) is 17.1. The average molecular weight is 518 g/mol. The molecule has 0 saturated carbocycles. The third kappa shape index (κ3) is 5.06. The van der Waals surface area contributed by atoms with Gasteiger partial charge in [0.15, 0.2) is 0 Å². The smallest absolute Gasteiger partial charge is 0.386 e. The molecule has 184 valence electrons. The Bertz CT molecular complexity index is 1270. The molecular formula is C19H22F3N7O3S2. The summed E-state index contributed by atoms with van der Waals surface area (Å²) in [6, 6.07) is -0.223. The SMILES string of the molecule is CC(O)c1ncc(-c2nc(NC3CCN(S(=O)(=O)c4cnn(C)c4)CC3)ncc2C(F)(F)F)s1. The predicted molar refractivity (Wildman–Crippen MR) is 117 cm³/mol. The van der Waals surface area contributed by atoms with Crippen molar-refractivity contribution in [3.05, 3.63) is 35.4 Å². The predicted octanol–water partition coefficient (Wildman–Crippen LogP) is 2.67. The lowest BCUT2D eigenvalue weighted by Crippen LogP contribution is -2.42. The summed E-state index contributed by atoms with van der Waals surface area (Å²) in [5.41, 5.74) is -1.33. The lowest BCUT2D eigenvalue weighted by Gasteiger charge is -2.31. The Morgan fingerprint density at radius 2 is 1.91 bits per heavy atom. The number of alkyl halides is 3. The summed E-state index contributed by atoms with van der Waals surface area (Å²) in [6.45, 7) is 1.94. The van der Waals surface area contributed by atoms with Crippen molar-refractivity contribution < 1.29 is 26.7 Å². The molecule has 10 nitrogen and oxygen atoms in total. The van der Waals surface area contributed by atoms with Gasteiger partial charge in [0.1, 0.15) is 21.6 Å². The van der Waals surface area contributed by atoms with Gasteiger partial charge >= 0.3 is 6.18 Å². The molecule has 2 N–H and O–H groups in total. The molecule has 3 aromatic heterocycles. The Hall–Kier alpha value is -2.62. The maximum absolute atomic E-state index is 13.6. The molecule has 1 aliphatic rings. The van der Waals surface area contributed by atoms with E-state index in [0.717, 1.165) is 11.3 Å². The van der Waals surface area contributed by atoms with E-state index in [9.17, 15) is 26.7 Å². The Balaban J connectivity index is 1.50. The minimum absolute atomic E-state index is 0.00330. The quantitative estimate of drug-likeness (QED) is 0.511. The number of sulfonamides is 1. The van der Waals surface area contributed by atoms with Crippen LogP contribution in [0.4, 0.5) is 19.1 Å². The molecule has 34 heavy (non-hydrogen) atoms. The maximum Gasteiger partial charge on any atom is 0.420 e. The highest BCUT2D eigenvalue weighted by Gasteiger charge is 2.36. The lowest BCUT2D eigenvalue weighted by atomic mass is 10.1. The fourth-order valence-electron chi connectivity index (χ4n) is 3.54. The Kier molecular flexibility index (Phi) is 6.63. The fraction of sp³-hybridized carbons (Fsp3) is 0.474. The minimum atomic E-state index is -4.67. The molecule has 0 bridgehead atoms. The van der Waals surface area contributed by atoms with Crippen LogP contribution in [0.2, 0.25) is 0 Å². The topological polar surface area (TPSA) is 126 Å². The molecule has 0 spiro atoms. The fourth-order valence-corrected chi connectivity index (χ4v) is 5.86. The summed E-state index contributed by atoms with van der Waals surface area (Å²) >= 11 is 0.922. The van der Waals surface area contributed by atoms with Crippen molar-refractivity contribution in [3.63, 3.8) is 0 Å². The number of thiazole rings is 1. The van der Waals surface area contributed by atoms with Crippen LogP contribution in [0.1, 0.15) is 36.4 Å². The van der Waals surface area contributed by atoms with Gasteiger partial charge in [-0.3, -0.25) is 4.68 Å². The molecule has 1 saturated heterocycles. The largest absolute Gasteiger partial charge is 0.420 e. The van der Waals surface area contributed by atoms with Crippen molar-refractivity contribution in [1.82, 2.24) is 29.0 Å². The molecular weight excluding hydrogens is 495 g/mol. The van der Waals surface area contributed by atoms with Gasteiger partial charge in [-0.15, -0.1) is 11.3 Å². The number of piperidine rings is 1. The first-order chi connectivity index (χ1) is 15.9. The van der Waals surface area contributed by atoms with E-state index in [1.807, 2.05) is 0 Å². The zero-order valence-electron chi connectivity index (χ0n) is 18.2. The highest BCUT2D eigenvalue weighted by molar-refractivity contribution is 7.89. The molecule has 0 aliphatic carbocycles. The first kappa shape index (κ1) is 24.5. The molecule has 0 aromatic carbocycles. The summed E-state index contributed by atoms with van der Waals surface area (Å²) in [5, 5.41) is 16.9. The number of nitrogens with one attached hydrogen (secondary N) is 1. The average Bonchev–Trinajstić information content (AvgIpc) is 3.43. The van der Waals surface area contributed by atoms with Crippen molar-refractivity contribution in [2.75, 3.05) is 18.4 Å². The molecule has 4 heterocycles. The standard InChI is InChI=1S/C19H22F3N7O3S2/c1-11(30)17-23-9-15(33-17)16-14(19(20,21)22)8-24-18(27-16)26-12-3-5-29(6-4-12)34(31,32)13-7-25-28(2)10-13/h7-12,30H,3-6H2,1-2H3,(H,24,26,27). The summed E-state index contributed by atoms with van der Waals surface area (Å²) in [6.07, 6.45) is -0.0587. The number of hydrogen-bond acceptors (Lipinski definition) is 9. The first-order valence-corrected chi connectivity index (χ1v) is 12.5. The second-order valence-electron chi connectivity index (χ2n) is 7.86. The van der Waals surface area contributed by atoms with Crippen LogP contribution in [0.3, 0.4) is 0 Å². The monoisotopic (exact) mass is 517 g/mol. The van der Waals surface area contributed by atoms with Crippen molar-refractivity contribution in [2.24, 2.45) is 7.05 Å². The minimum Gasteiger partial charge on any atom is -0.386 e. The molecule has 4 rings (SSSR count). The van der Waals surface area contributed by atoms with Gasteiger partial charge in [0, 0.05) is 44.8 Å². The van der Waals surface area contributed by atoms with Crippen LogP contribution in [0, 0.1) is 0 Å². The van der Waals surface area contributed by atoms with Crippen LogP contribution in [0.5, 0.6) is 0 Å². The first-order valence-electron chi connectivity index (χ1n) is 10.3. The summed E-state index contributed by atoms with van der Waals surface area (Å²) in [4.78, 5) is 12.2. The lowest BCUT2D eigenvalue weighted by molar-refractivity contribution is -0.137. The van der Waals surface area contributed by atoms with Crippen LogP contribution in [-0.2, 0) is 23.2 Å². The number of anilines is 1. The van der Waals surface area contributed by atoms with Gasteiger partial charge in [0.25, 0.3) is 0 Å². The number of halogens is 3. The van der Waals surface area contributed by atoms with Gasteiger partial charge < -0.3 is 10.4 Å². The highest BCUT2D eigenvalue weighted by atomic mass is 32.2. The van der Waals surface area contributed by atoms with Gasteiger partial charge in [-0.2, -0.15) is 22.6 Å². The molecule has 3 aromatic rings. The molecule has 1 unspecified atom stereocenters. The molecule has 1 fully saturated rings. The van der Waals surface area contributed by atoms with E-state index in [1.165, 1.54) is 34.5 Å². The Morgan fingerprint density at radius 1 is 1.21 bits per heavy atom. The molecule has 0 radical (unpaired) electrons. The summed E-state index contributed by atoms with van der Waals surface area (Å²) in [7, 11) is -2.04. The van der Waals surface area contributed by atoms with E-state index in [4.69, 9.17) is 0 Å². The van der Waals surface area contributed by atoms with Crippen LogP contribution in [-0.4, -0.2) is 61.7 Å². The molecule has 15 heteroatoms. The zero-order chi connectivity index (χ0) is 24.7. The zero-order valence-corrected chi connectivity index (χ0v) is 19.8. The van der Waals surface area contributed by atoms with E-state index in [1.54, 1.807) is 7.05 Å². The number of nitrogens with zero attached hydrogens (tertiary/aromatic N) is 6. The number of aromatic nitrogens is 5. The number of aliphatic hydroxyl groups excluding tert-OH is 1. The van der Waals surface area contributed by atoms with Crippen molar-refractivity contribution in [2.45, 2.75) is 43.0 Å². The Morgan fingerprint density at radius 3 is 2.47 bits per heavy atom. The van der Waals surface area contributed by atoms with E-state index in [-0.39, 0.29) is 45.6 Å². The van der Waals surface area contributed by atoms with Crippen molar-refractivity contribution >= 4 is 27.3 Å². The van der Waals surface area contributed by atoms with Crippen LogP contribution < -0.4 is 5.32 Å². The van der Waals surface area contributed by atoms with Crippen LogP contribution >= 0.6 is 11.3 Å². The van der Waals surface area contributed by atoms with E-state index >= 15 is 0 Å². The summed E-state index contributed by atoms with van der Waals surface area (Å²) in [5.74, 6) is 0.00330. The van der Waals surface area contributed by atoms with Gasteiger partial charge in [-0.25, -0.2) is 23.4 Å². The molecule has 1 aliphatic heterocycles. The Labute approximate surface area is 197 Å². The molecule has 1 atom stereocenters. The van der Waals surface area contributed by atoms with Crippen molar-refractivity contribution in [3.8, 4) is 10.6 Å².